The molecule has 1 amide bonds. The van der Waals surface area contributed by atoms with Gasteiger partial charge in [-0.05, 0) is 42.7 Å². The molecule has 148 valence electrons. The number of ether oxygens (including phenoxy) is 1. The SMILES string of the molecule is COC(=O)c1cccc(C2CCCn3nc(NC(=O)c4ccccc4F)nc32)c1. The molecule has 1 N–H and O–H groups in total. The monoisotopic (exact) mass is 394 g/mol. The number of esters is 1. The smallest absolute Gasteiger partial charge is 0.337 e. The van der Waals surface area contributed by atoms with Gasteiger partial charge in [-0.2, -0.15) is 4.98 Å². The Morgan fingerprint density at radius 3 is 2.83 bits per heavy atom. The molecule has 1 unspecified atom stereocenters. The van der Waals surface area contributed by atoms with Crippen LogP contribution in [0.2, 0.25) is 0 Å². The lowest BCUT2D eigenvalue weighted by Crippen LogP contribution is -2.18. The van der Waals surface area contributed by atoms with E-state index < -0.39 is 17.7 Å². The second kappa shape index (κ2) is 7.83. The Bertz CT molecular complexity index is 1080. The van der Waals surface area contributed by atoms with Gasteiger partial charge in [-0.3, -0.25) is 10.1 Å². The molecule has 0 saturated heterocycles. The second-order valence-corrected chi connectivity index (χ2v) is 6.76. The molecular formula is C21H19FN4O3. The van der Waals surface area contributed by atoms with E-state index in [1.165, 1.54) is 25.3 Å². The molecule has 29 heavy (non-hydrogen) atoms. The van der Waals surface area contributed by atoms with Gasteiger partial charge in [0, 0.05) is 12.5 Å². The lowest BCUT2D eigenvalue weighted by molar-refractivity contribution is 0.0600. The minimum Gasteiger partial charge on any atom is -0.465 e. The van der Waals surface area contributed by atoms with Gasteiger partial charge in [-0.1, -0.05) is 24.3 Å². The highest BCUT2D eigenvalue weighted by Crippen LogP contribution is 2.33. The molecule has 0 saturated carbocycles. The van der Waals surface area contributed by atoms with Gasteiger partial charge in [0.05, 0.1) is 18.2 Å². The number of methoxy groups -OCH3 is 1. The number of carbonyl (C=O) groups is 2. The zero-order chi connectivity index (χ0) is 20.4. The van der Waals surface area contributed by atoms with Crippen molar-refractivity contribution >= 4 is 17.8 Å². The third kappa shape index (κ3) is 3.73. The summed E-state index contributed by atoms with van der Waals surface area (Å²) in [6, 6.07) is 13.0. The molecule has 2 aromatic carbocycles. The molecule has 8 heteroatoms. The summed E-state index contributed by atoms with van der Waals surface area (Å²) in [5.41, 5.74) is 1.32. The summed E-state index contributed by atoms with van der Waals surface area (Å²) in [4.78, 5) is 28.7. The predicted molar refractivity (Wildman–Crippen MR) is 103 cm³/mol. The molecule has 1 aromatic heterocycles. The Kier molecular flexibility index (Phi) is 5.07. The zero-order valence-corrected chi connectivity index (χ0v) is 15.8. The van der Waals surface area contributed by atoms with Gasteiger partial charge in [0.1, 0.15) is 11.6 Å². The van der Waals surface area contributed by atoms with Crippen LogP contribution in [0.5, 0.6) is 0 Å². The van der Waals surface area contributed by atoms with E-state index in [1.807, 2.05) is 6.07 Å². The van der Waals surface area contributed by atoms with Gasteiger partial charge in [0.25, 0.3) is 5.91 Å². The van der Waals surface area contributed by atoms with Crippen LogP contribution in [0.1, 0.15) is 50.9 Å². The summed E-state index contributed by atoms with van der Waals surface area (Å²) < 4.78 is 20.4. The first-order valence-electron chi connectivity index (χ1n) is 9.25. The average molecular weight is 394 g/mol. The Balaban J connectivity index is 1.61. The van der Waals surface area contributed by atoms with Gasteiger partial charge < -0.3 is 4.74 Å². The van der Waals surface area contributed by atoms with Crippen molar-refractivity contribution in [1.82, 2.24) is 14.8 Å². The van der Waals surface area contributed by atoms with Crippen molar-refractivity contribution in [1.29, 1.82) is 0 Å². The molecule has 1 atom stereocenters. The van der Waals surface area contributed by atoms with E-state index >= 15 is 0 Å². The number of nitrogens with one attached hydrogen (secondary N) is 1. The highest BCUT2D eigenvalue weighted by molar-refractivity contribution is 6.03. The molecule has 7 nitrogen and oxygen atoms in total. The Labute approximate surface area is 166 Å². The minimum absolute atomic E-state index is 0.0670. The summed E-state index contributed by atoms with van der Waals surface area (Å²) in [7, 11) is 1.34. The van der Waals surface area contributed by atoms with Crippen LogP contribution in [0.4, 0.5) is 10.3 Å². The first-order valence-corrected chi connectivity index (χ1v) is 9.25. The molecule has 0 spiro atoms. The van der Waals surface area contributed by atoms with E-state index in [0.29, 0.717) is 17.9 Å². The number of rotatable bonds is 4. The molecule has 0 aliphatic carbocycles. The lowest BCUT2D eigenvalue weighted by Gasteiger charge is -2.22. The Morgan fingerprint density at radius 2 is 2.03 bits per heavy atom. The zero-order valence-electron chi connectivity index (χ0n) is 15.8. The van der Waals surface area contributed by atoms with Gasteiger partial charge in [0.15, 0.2) is 0 Å². The van der Waals surface area contributed by atoms with Crippen molar-refractivity contribution in [2.45, 2.75) is 25.3 Å². The van der Waals surface area contributed by atoms with Crippen LogP contribution < -0.4 is 5.32 Å². The molecule has 2 heterocycles. The van der Waals surface area contributed by atoms with E-state index in [9.17, 15) is 14.0 Å². The predicted octanol–water partition coefficient (Wildman–Crippen LogP) is 3.38. The van der Waals surface area contributed by atoms with Crippen LogP contribution in [0.15, 0.2) is 48.5 Å². The molecule has 0 fully saturated rings. The van der Waals surface area contributed by atoms with E-state index in [-0.39, 0.29) is 17.4 Å². The van der Waals surface area contributed by atoms with Crippen LogP contribution >= 0.6 is 0 Å². The van der Waals surface area contributed by atoms with E-state index in [2.05, 4.69) is 15.4 Å². The van der Waals surface area contributed by atoms with Crippen molar-refractivity contribution < 1.29 is 18.7 Å². The standard InChI is InChI=1S/C21H19FN4O3/c1-29-20(28)14-7-4-6-13(12-14)15-9-5-11-26-18(15)23-21(25-26)24-19(27)16-8-2-3-10-17(16)22/h2-4,6-8,10,12,15H,5,9,11H2,1H3,(H,24,25,27). The third-order valence-corrected chi connectivity index (χ3v) is 4.93. The molecule has 0 bridgehead atoms. The topological polar surface area (TPSA) is 86.1 Å². The fourth-order valence-corrected chi connectivity index (χ4v) is 3.53. The summed E-state index contributed by atoms with van der Waals surface area (Å²) in [6.07, 6.45) is 1.72. The van der Waals surface area contributed by atoms with Crippen molar-refractivity contribution in [2.75, 3.05) is 12.4 Å². The number of fused-ring (bicyclic) bond motifs is 1. The van der Waals surface area contributed by atoms with Gasteiger partial charge >= 0.3 is 5.97 Å². The summed E-state index contributed by atoms with van der Waals surface area (Å²) >= 11 is 0. The number of anilines is 1. The van der Waals surface area contributed by atoms with E-state index in [4.69, 9.17) is 4.74 Å². The minimum atomic E-state index is -0.605. The van der Waals surface area contributed by atoms with Crippen LogP contribution in [0.25, 0.3) is 0 Å². The number of halogens is 1. The normalized spacial score (nSPS) is 15.4. The Morgan fingerprint density at radius 1 is 1.21 bits per heavy atom. The van der Waals surface area contributed by atoms with E-state index in [1.54, 1.807) is 28.9 Å². The first kappa shape index (κ1) is 18.8. The number of aryl methyl sites for hydroxylation is 1. The number of hydrogen-bond acceptors (Lipinski definition) is 5. The maximum atomic E-state index is 13.8. The van der Waals surface area contributed by atoms with Crippen molar-refractivity contribution in [3.8, 4) is 0 Å². The van der Waals surface area contributed by atoms with Crippen molar-refractivity contribution in [3.05, 3.63) is 76.9 Å². The van der Waals surface area contributed by atoms with Crippen LogP contribution in [0, 0.1) is 5.82 Å². The average Bonchev–Trinajstić information content (AvgIpc) is 3.15. The second-order valence-electron chi connectivity index (χ2n) is 6.76. The van der Waals surface area contributed by atoms with Crippen molar-refractivity contribution in [3.63, 3.8) is 0 Å². The fourth-order valence-electron chi connectivity index (χ4n) is 3.53. The highest BCUT2D eigenvalue weighted by atomic mass is 19.1. The first-order chi connectivity index (χ1) is 14.1. The number of amides is 1. The number of aromatic nitrogens is 3. The summed E-state index contributed by atoms with van der Waals surface area (Å²) in [5, 5.41) is 6.93. The third-order valence-electron chi connectivity index (χ3n) is 4.93. The van der Waals surface area contributed by atoms with Crippen LogP contribution in [-0.4, -0.2) is 33.8 Å². The maximum Gasteiger partial charge on any atom is 0.337 e. The lowest BCUT2D eigenvalue weighted by atomic mass is 9.90. The van der Waals surface area contributed by atoms with Crippen molar-refractivity contribution in [2.24, 2.45) is 0 Å². The summed E-state index contributed by atoms with van der Waals surface area (Å²) in [6.45, 7) is 0.672. The number of hydrogen-bond donors (Lipinski definition) is 1. The molecule has 1 aliphatic rings. The molecule has 4 rings (SSSR count). The number of benzene rings is 2. The largest absolute Gasteiger partial charge is 0.465 e. The van der Waals surface area contributed by atoms with Crippen LogP contribution in [-0.2, 0) is 11.3 Å². The number of carbonyl (C=O) groups excluding carboxylic acids is 2. The molecular weight excluding hydrogens is 375 g/mol. The van der Waals surface area contributed by atoms with Gasteiger partial charge in [0.2, 0.25) is 5.95 Å². The summed E-state index contributed by atoms with van der Waals surface area (Å²) in [5.74, 6) is -0.852. The van der Waals surface area contributed by atoms with Gasteiger partial charge in [-0.25, -0.2) is 13.9 Å². The van der Waals surface area contributed by atoms with Crippen LogP contribution in [0.3, 0.4) is 0 Å². The highest BCUT2D eigenvalue weighted by Gasteiger charge is 2.27. The Hall–Kier alpha value is -3.55. The number of nitrogens with zero attached hydrogens (tertiary/aromatic N) is 3. The quantitative estimate of drug-likeness (QED) is 0.686. The molecule has 1 aliphatic heterocycles. The van der Waals surface area contributed by atoms with E-state index in [0.717, 1.165) is 18.4 Å². The molecule has 0 radical (unpaired) electrons. The fraction of sp³-hybridized carbons (Fsp3) is 0.238. The maximum absolute atomic E-state index is 13.8. The molecule has 3 aromatic rings. The van der Waals surface area contributed by atoms with Gasteiger partial charge in [-0.15, -0.1) is 5.10 Å².